The lowest BCUT2D eigenvalue weighted by atomic mass is 10.4. The van der Waals surface area contributed by atoms with Gasteiger partial charge in [0.15, 0.2) is 0 Å². The van der Waals surface area contributed by atoms with E-state index in [-0.39, 0.29) is 0 Å². The van der Waals surface area contributed by atoms with Crippen LogP contribution >= 0.6 is 12.6 Å². The summed E-state index contributed by atoms with van der Waals surface area (Å²) in [6.45, 7) is 5.25. The predicted molar refractivity (Wildman–Crippen MR) is 55.0 cm³/mol. The van der Waals surface area contributed by atoms with Crippen molar-refractivity contribution in [2.75, 3.05) is 32.2 Å². The van der Waals surface area contributed by atoms with E-state index in [2.05, 4.69) is 19.6 Å². The molecule has 0 heterocycles. The molecule has 0 spiro atoms. The Balaban J connectivity index is 2.73. The lowest BCUT2D eigenvalue weighted by molar-refractivity contribution is 0.0470. The summed E-state index contributed by atoms with van der Waals surface area (Å²) < 4.78 is 10.6. The van der Waals surface area contributed by atoms with E-state index in [1.165, 1.54) is 0 Å². The Kier molecular flexibility index (Phi) is 11.5. The van der Waals surface area contributed by atoms with E-state index in [9.17, 15) is 0 Å². The van der Waals surface area contributed by atoms with Gasteiger partial charge in [-0.3, -0.25) is 0 Å². The zero-order valence-corrected chi connectivity index (χ0v) is 8.81. The molecule has 0 amide bonds. The van der Waals surface area contributed by atoms with Crippen molar-refractivity contribution in [3.05, 3.63) is 0 Å². The molecular formula is C9H20O2S. The van der Waals surface area contributed by atoms with E-state index in [1.807, 2.05) is 0 Å². The highest BCUT2D eigenvalue weighted by molar-refractivity contribution is 7.80. The number of unbranched alkanes of at least 4 members (excludes halogenated alkanes) is 1. The summed E-state index contributed by atoms with van der Waals surface area (Å²) in [5.41, 5.74) is 0. The van der Waals surface area contributed by atoms with Crippen molar-refractivity contribution in [3.63, 3.8) is 0 Å². The minimum atomic E-state index is 0.729. The van der Waals surface area contributed by atoms with Crippen LogP contribution in [0.5, 0.6) is 0 Å². The number of hydrogen-bond acceptors (Lipinski definition) is 3. The molecule has 0 N–H and O–H groups in total. The maximum atomic E-state index is 5.32. The summed E-state index contributed by atoms with van der Waals surface area (Å²) in [7, 11) is 0. The first kappa shape index (κ1) is 12.3. The van der Waals surface area contributed by atoms with Crippen LogP contribution in [0.15, 0.2) is 0 Å². The Bertz CT molecular complexity index is 68.9. The molecule has 0 fully saturated rings. The summed E-state index contributed by atoms with van der Waals surface area (Å²) in [5, 5.41) is 0. The number of ether oxygens (including phenoxy) is 2. The van der Waals surface area contributed by atoms with E-state index >= 15 is 0 Å². The Morgan fingerprint density at radius 1 is 0.917 bits per heavy atom. The Labute approximate surface area is 81.0 Å². The number of rotatable bonds is 9. The molecule has 12 heavy (non-hydrogen) atoms. The Morgan fingerprint density at radius 3 is 2.17 bits per heavy atom. The summed E-state index contributed by atoms with van der Waals surface area (Å²) in [6.07, 6.45) is 3.33. The predicted octanol–water partition coefficient (Wildman–Crippen LogP) is 2.14. The zero-order valence-electron chi connectivity index (χ0n) is 7.92. The average molecular weight is 192 g/mol. The minimum absolute atomic E-state index is 0.729. The second-order valence-electron chi connectivity index (χ2n) is 2.66. The molecular weight excluding hydrogens is 172 g/mol. The van der Waals surface area contributed by atoms with E-state index in [1.54, 1.807) is 0 Å². The lowest BCUT2D eigenvalue weighted by Crippen LogP contribution is -2.05. The van der Waals surface area contributed by atoms with Crippen LogP contribution in [-0.2, 0) is 9.47 Å². The third-order valence-electron chi connectivity index (χ3n) is 1.42. The second-order valence-corrected chi connectivity index (χ2v) is 3.10. The molecule has 0 aliphatic heterocycles. The fourth-order valence-corrected chi connectivity index (χ4v) is 1.01. The molecule has 0 saturated carbocycles. The van der Waals surface area contributed by atoms with Crippen molar-refractivity contribution in [2.45, 2.75) is 26.2 Å². The molecule has 0 bridgehead atoms. The number of hydrogen-bond donors (Lipinski definition) is 1. The van der Waals surface area contributed by atoms with Gasteiger partial charge in [0.25, 0.3) is 0 Å². The van der Waals surface area contributed by atoms with Gasteiger partial charge in [-0.1, -0.05) is 6.92 Å². The molecule has 2 nitrogen and oxygen atoms in total. The first-order valence-corrected chi connectivity index (χ1v) is 5.31. The topological polar surface area (TPSA) is 18.5 Å². The molecule has 3 heteroatoms. The van der Waals surface area contributed by atoms with Crippen LogP contribution < -0.4 is 0 Å². The van der Waals surface area contributed by atoms with Crippen molar-refractivity contribution < 1.29 is 9.47 Å². The maximum Gasteiger partial charge on any atom is 0.0700 e. The smallest absolute Gasteiger partial charge is 0.0700 e. The van der Waals surface area contributed by atoms with Gasteiger partial charge >= 0.3 is 0 Å². The third-order valence-corrected chi connectivity index (χ3v) is 1.73. The van der Waals surface area contributed by atoms with Crippen molar-refractivity contribution in [1.29, 1.82) is 0 Å². The molecule has 0 aliphatic rings. The van der Waals surface area contributed by atoms with Crippen LogP contribution in [0.2, 0.25) is 0 Å². The van der Waals surface area contributed by atoms with E-state index < -0.39 is 0 Å². The molecule has 0 rings (SSSR count). The first-order valence-electron chi connectivity index (χ1n) is 4.68. The third kappa shape index (κ3) is 10.3. The van der Waals surface area contributed by atoms with E-state index in [0.717, 1.165) is 51.4 Å². The lowest BCUT2D eigenvalue weighted by Gasteiger charge is -2.03. The van der Waals surface area contributed by atoms with Gasteiger partial charge in [0.2, 0.25) is 0 Å². The van der Waals surface area contributed by atoms with Gasteiger partial charge in [0, 0.05) is 13.2 Å². The van der Waals surface area contributed by atoms with Crippen LogP contribution in [0.1, 0.15) is 26.2 Å². The Morgan fingerprint density at radius 2 is 1.58 bits per heavy atom. The van der Waals surface area contributed by atoms with Gasteiger partial charge in [-0.05, 0) is 25.0 Å². The fourth-order valence-electron chi connectivity index (χ4n) is 0.782. The molecule has 0 aromatic carbocycles. The summed E-state index contributed by atoms with van der Waals surface area (Å²) >= 11 is 4.11. The first-order chi connectivity index (χ1) is 5.91. The summed E-state index contributed by atoms with van der Waals surface area (Å²) in [5.74, 6) is 0.954. The molecule has 0 saturated heterocycles. The molecule has 74 valence electrons. The van der Waals surface area contributed by atoms with Gasteiger partial charge in [0.1, 0.15) is 0 Å². The summed E-state index contributed by atoms with van der Waals surface area (Å²) in [6, 6.07) is 0. The van der Waals surface area contributed by atoms with Crippen molar-refractivity contribution in [3.8, 4) is 0 Å². The van der Waals surface area contributed by atoms with Crippen molar-refractivity contribution in [1.82, 2.24) is 0 Å². The Hall–Kier alpha value is 0.270. The normalized spacial score (nSPS) is 10.5. The van der Waals surface area contributed by atoms with Crippen LogP contribution in [0.25, 0.3) is 0 Å². The molecule has 0 aromatic heterocycles. The van der Waals surface area contributed by atoms with Gasteiger partial charge in [-0.15, -0.1) is 0 Å². The maximum absolute atomic E-state index is 5.32. The van der Waals surface area contributed by atoms with Gasteiger partial charge in [0.05, 0.1) is 13.2 Å². The largest absolute Gasteiger partial charge is 0.379 e. The highest BCUT2D eigenvalue weighted by Gasteiger charge is 1.88. The van der Waals surface area contributed by atoms with E-state index in [4.69, 9.17) is 9.47 Å². The average Bonchev–Trinajstić information content (AvgIpc) is 2.10. The van der Waals surface area contributed by atoms with Gasteiger partial charge in [-0.2, -0.15) is 12.6 Å². The monoisotopic (exact) mass is 192 g/mol. The molecule has 0 aromatic rings. The van der Waals surface area contributed by atoms with Crippen LogP contribution in [0, 0.1) is 0 Å². The molecule has 0 atom stereocenters. The quantitative estimate of drug-likeness (QED) is 0.446. The van der Waals surface area contributed by atoms with E-state index in [0.29, 0.717) is 0 Å². The minimum Gasteiger partial charge on any atom is -0.379 e. The van der Waals surface area contributed by atoms with Crippen LogP contribution in [-0.4, -0.2) is 32.2 Å². The van der Waals surface area contributed by atoms with Crippen LogP contribution in [0.3, 0.4) is 0 Å². The highest BCUT2D eigenvalue weighted by atomic mass is 32.1. The van der Waals surface area contributed by atoms with Crippen LogP contribution in [0.4, 0.5) is 0 Å². The van der Waals surface area contributed by atoms with Crippen molar-refractivity contribution >= 4 is 12.6 Å². The zero-order chi connectivity index (χ0) is 9.07. The second kappa shape index (κ2) is 11.3. The molecule has 0 unspecified atom stereocenters. The van der Waals surface area contributed by atoms with Gasteiger partial charge < -0.3 is 9.47 Å². The standard InChI is InChI=1S/C9H20O2S/c1-2-5-10-7-8-11-6-3-4-9-12/h12H,2-9H2,1H3. The van der Waals surface area contributed by atoms with Gasteiger partial charge in [-0.25, -0.2) is 0 Å². The molecule has 0 radical (unpaired) electrons. The highest BCUT2D eigenvalue weighted by Crippen LogP contribution is 1.92. The fraction of sp³-hybridized carbons (Fsp3) is 1.00. The van der Waals surface area contributed by atoms with Crippen molar-refractivity contribution in [2.24, 2.45) is 0 Å². The molecule has 0 aliphatic carbocycles. The summed E-state index contributed by atoms with van der Waals surface area (Å²) in [4.78, 5) is 0. The SMILES string of the molecule is CCCOCCOCCCCS. The number of thiol groups is 1.